The number of aliphatic hydroxyl groups is 3. The molecule has 0 saturated heterocycles. The summed E-state index contributed by atoms with van der Waals surface area (Å²) in [5.74, 6) is -0.408. The van der Waals surface area contributed by atoms with Crippen LogP contribution in [-0.4, -0.2) is 45.7 Å². The fourth-order valence-corrected chi connectivity index (χ4v) is 9.58. The number of benzene rings is 2. The Morgan fingerprint density at radius 3 is 2.69 bits per heavy atom. The van der Waals surface area contributed by atoms with Crippen LogP contribution in [0.2, 0.25) is 0 Å². The molecular formula is C37H45NO7. The monoisotopic (exact) mass is 615 g/mol. The van der Waals surface area contributed by atoms with Gasteiger partial charge in [-0.15, -0.1) is 0 Å². The summed E-state index contributed by atoms with van der Waals surface area (Å²) in [5.41, 5.74) is 9.67. The van der Waals surface area contributed by atoms with E-state index in [9.17, 15) is 24.9 Å². The van der Waals surface area contributed by atoms with Gasteiger partial charge in [0.05, 0.1) is 18.1 Å². The number of ketones is 2. The van der Waals surface area contributed by atoms with Crippen LogP contribution >= 0.6 is 0 Å². The number of hydrogen-bond donors (Lipinski definition) is 4. The maximum atomic E-state index is 13.4. The number of carbonyl (C=O) groups excluding carboxylic acids is 2. The molecule has 3 fully saturated rings. The summed E-state index contributed by atoms with van der Waals surface area (Å²) in [6, 6.07) is 11.2. The molecule has 9 atom stereocenters. The Morgan fingerprint density at radius 1 is 1.18 bits per heavy atom. The summed E-state index contributed by atoms with van der Waals surface area (Å²) in [6.45, 7) is 7.62. The van der Waals surface area contributed by atoms with E-state index in [0.29, 0.717) is 36.4 Å². The first-order valence-electron chi connectivity index (χ1n) is 16.0. The first kappa shape index (κ1) is 31.7. The van der Waals surface area contributed by atoms with E-state index in [1.807, 2.05) is 63.2 Å². The summed E-state index contributed by atoms with van der Waals surface area (Å²) in [5, 5.41) is 33.4. The van der Waals surface area contributed by atoms with Gasteiger partial charge in [-0.3, -0.25) is 9.59 Å². The third kappa shape index (κ3) is 5.35. The van der Waals surface area contributed by atoms with Gasteiger partial charge >= 0.3 is 0 Å². The van der Waals surface area contributed by atoms with Gasteiger partial charge in [0.25, 0.3) is 0 Å². The highest BCUT2D eigenvalue weighted by Crippen LogP contribution is 2.66. The van der Waals surface area contributed by atoms with Crippen molar-refractivity contribution in [3.8, 4) is 5.75 Å². The zero-order valence-corrected chi connectivity index (χ0v) is 26.5. The van der Waals surface area contributed by atoms with Crippen LogP contribution in [0, 0.1) is 48.3 Å². The Balaban J connectivity index is 1.28. The number of ether oxygens (including phenoxy) is 2. The van der Waals surface area contributed by atoms with E-state index in [1.165, 1.54) is 0 Å². The van der Waals surface area contributed by atoms with Crippen LogP contribution < -0.4 is 10.5 Å². The third-order valence-electron chi connectivity index (χ3n) is 11.6. The molecule has 8 heteroatoms. The maximum Gasteiger partial charge on any atom is 0.182 e. The summed E-state index contributed by atoms with van der Waals surface area (Å²) < 4.78 is 12.6. The third-order valence-corrected chi connectivity index (χ3v) is 11.6. The predicted molar refractivity (Wildman–Crippen MR) is 170 cm³/mol. The number of rotatable bonds is 8. The quantitative estimate of drug-likeness (QED) is 0.243. The van der Waals surface area contributed by atoms with E-state index in [-0.39, 0.29) is 29.3 Å². The maximum absolute atomic E-state index is 13.4. The first-order chi connectivity index (χ1) is 21.4. The Kier molecular flexibility index (Phi) is 8.31. The van der Waals surface area contributed by atoms with Gasteiger partial charge in [0, 0.05) is 22.6 Å². The average molecular weight is 616 g/mol. The molecule has 0 spiro atoms. The van der Waals surface area contributed by atoms with Gasteiger partial charge < -0.3 is 30.5 Å². The molecule has 4 aliphatic carbocycles. The molecule has 2 aromatic carbocycles. The topological polar surface area (TPSA) is 139 Å². The van der Waals surface area contributed by atoms with Gasteiger partial charge in [0.2, 0.25) is 0 Å². The van der Waals surface area contributed by atoms with Crippen molar-refractivity contribution in [2.45, 2.75) is 78.5 Å². The van der Waals surface area contributed by atoms with Crippen molar-refractivity contribution in [1.82, 2.24) is 0 Å². The molecule has 0 aromatic heterocycles. The molecule has 8 nitrogen and oxygen atoms in total. The van der Waals surface area contributed by atoms with Crippen LogP contribution in [-0.2, 0) is 20.9 Å². The molecule has 0 radical (unpaired) electrons. The second-order valence-electron chi connectivity index (χ2n) is 14.1. The summed E-state index contributed by atoms with van der Waals surface area (Å²) in [7, 11) is 0. The number of Topliss-reactive ketones (excluding diaryl/α,β-unsaturated/α-hetero) is 1. The van der Waals surface area contributed by atoms with E-state index in [0.717, 1.165) is 35.1 Å². The van der Waals surface area contributed by atoms with Crippen molar-refractivity contribution >= 4 is 17.3 Å². The van der Waals surface area contributed by atoms with Gasteiger partial charge in [0.1, 0.15) is 19.0 Å². The average Bonchev–Trinajstić information content (AvgIpc) is 3.27. The Labute approximate surface area is 264 Å². The van der Waals surface area contributed by atoms with Crippen LogP contribution in [0.1, 0.15) is 68.1 Å². The molecule has 0 bridgehead atoms. The zero-order chi connectivity index (χ0) is 32.3. The van der Waals surface area contributed by atoms with Crippen molar-refractivity contribution in [1.29, 1.82) is 0 Å². The number of nitrogens with two attached hydrogens (primary N) is 1. The van der Waals surface area contributed by atoms with Crippen molar-refractivity contribution in [3.05, 3.63) is 82.5 Å². The highest BCUT2D eigenvalue weighted by molar-refractivity contribution is 6.01. The molecule has 0 amide bonds. The minimum atomic E-state index is -1.32. The standard InChI is InChI=1S/C37H45NO7/c1-20-8-11-30(44-19-22-6-5-7-24(38)14-22)21(2)32(20)35(43)45-31-16-27-26-10-9-23-15-25(40)12-13-36(23,3)33(26)28(41)17-37(27,4)34(31)29(42)18-39/h5-8,11-15,26-28,31,33-35,39,41,43H,9-10,16-19,38H2,1-4H3/t26-,27?,28-,31+,33?,34-,35+,36-,37-/m0/s1. The molecule has 45 heavy (non-hydrogen) atoms. The molecule has 2 unspecified atom stereocenters. The molecule has 4 aliphatic rings. The number of aliphatic hydroxyl groups excluding tert-OH is 3. The number of hydrogen-bond acceptors (Lipinski definition) is 8. The largest absolute Gasteiger partial charge is 0.489 e. The highest BCUT2D eigenvalue weighted by atomic mass is 16.6. The predicted octanol–water partition coefficient (Wildman–Crippen LogP) is 4.91. The number of carbonyl (C=O) groups is 2. The molecule has 0 heterocycles. The van der Waals surface area contributed by atoms with Crippen LogP contribution in [0.4, 0.5) is 5.69 Å². The number of nitrogen functional groups attached to an aromatic ring is 1. The first-order valence-corrected chi connectivity index (χ1v) is 16.0. The Bertz CT molecular complexity index is 1560. The SMILES string of the molecule is Cc1ccc(OCc2cccc(N)c2)c(C)c1[C@H](O)O[C@@H]1CC2[C@@H]3CCC4=CC(=O)C=C[C@]4(C)C3[C@@H](O)C[C@]2(C)[C@H]1C(=O)CO. The van der Waals surface area contributed by atoms with E-state index in [2.05, 4.69) is 6.92 Å². The van der Waals surface area contributed by atoms with Crippen LogP contribution in [0.5, 0.6) is 5.75 Å². The van der Waals surface area contributed by atoms with Gasteiger partial charge in [-0.25, -0.2) is 0 Å². The van der Waals surface area contributed by atoms with E-state index < -0.39 is 41.9 Å². The van der Waals surface area contributed by atoms with Crippen molar-refractivity contribution < 1.29 is 34.4 Å². The van der Waals surface area contributed by atoms with Crippen LogP contribution in [0.25, 0.3) is 0 Å². The van der Waals surface area contributed by atoms with Crippen LogP contribution in [0.15, 0.2) is 60.2 Å². The lowest BCUT2D eigenvalue weighted by atomic mass is 9.46. The summed E-state index contributed by atoms with van der Waals surface area (Å²) in [6.07, 6.45) is 5.08. The van der Waals surface area contributed by atoms with Gasteiger partial charge in [-0.05, 0) is 104 Å². The van der Waals surface area contributed by atoms with Crippen molar-refractivity contribution in [2.24, 2.45) is 34.5 Å². The Morgan fingerprint density at radius 2 is 1.96 bits per heavy atom. The lowest BCUT2D eigenvalue weighted by Crippen LogP contribution is -2.56. The number of aryl methyl sites for hydroxylation is 1. The van der Waals surface area contributed by atoms with Gasteiger partial charge in [0.15, 0.2) is 17.9 Å². The molecule has 2 aromatic rings. The molecule has 6 rings (SSSR count). The number of allylic oxidation sites excluding steroid dienone is 4. The van der Waals surface area contributed by atoms with Crippen molar-refractivity contribution in [3.63, 3.8) is 0 Å². The normalized spacial score (nSPS) is 34.4. The van der Waals surface area contributed by atoms with E-state index in [4.69, 9.17) is 15.2 Å². The van der Waals surface area contributed by atoms with Gasteiger partial charge in [-0.2, -0.15) is 0 Å². The number of fused-ring (bicyclic) bond motifs is 5. The molecule has 0 aliphatic heterocycles. The van der Waals surface area contributed by atoms with Crippen LogP contribution in [0.3, 0.4) is 0 Å². The van der Waals surface area contributed by atoms with E-state index in [1.54, 1.807) is 12.2 Å². The fraction of sp³-hybridized carbons (Fsp3) is 0.514. The van der Waals surface area contributed by atoms with E-state index >= 15 is 0 Å². The lowest BCUT2D eigenvalue weighted by Gasteiger charge is -2.58. The highest BCUT2D eigenvalue weighted by Gasteiger charge is 2.65. The lowest BCUT2D eigenvalue weighted by molar-refractivity contribution is -0.167. The van der Waals surface area contributed by atoms with Crippen molar-refractivity contribution in [2.75, 3.05) is 12.3 Å². The minimum absolute atomic E-state index is 0.0159. The fourth-order valence-electron chi connectivity index (χ4n) is 9.58. The smallest absolute Gasteiger partial charge is 0.182 e. The molecular weight excluding hydrogens is 570 g/mol. The number of anilines is 1. The second-order valence-corrected chi connectivity index (χ2v) is 14.1. The Hall–Kier alpha value is -3.30. The summed E-state index contributed by atoms with van der Waals surface area (Å²) in [4.78, 5) is 25.6. The second kappa shape index (κ2) is 11.8. The summed E-state index contributed by atoms with van der Waals surface area (Å²) >= 11 is 0. The zero-order valence-electron chi connectivity index (χ0n) is 26.5. The molecule has 3 saturated carbocycles. The van der Waals surface area contributed by atoms with Gasteiger partial charge in [-0.1, -0.05) is 43.7 Å². The minimum Gasteiger partial charge on any atom is -0.489 e. The molecule has 240 valence electrons. The molecule has 5 N–H and O–H groups in total.